The highest BCUT2D eigenvalue weighted by Crippen LogP contribution is 2.69. The lowest BCUT2D eigenvalue weighted by molar-refractivity contribution is -0.161. The Balaban J connectivity index is 1.55. The highest BCUT2D eigenvalue weighted by atomic mass is 19.4. The number of allylic oxidation sites excluding steroid dienone is 8. The average Bonchev–Trinajstić information content (AvgIpc) is 3.41. The monoisotopic (exact) mass is 400 g/mol. The lowest BCUT2D eigenvalue weighted by Gasteiger charge is -2.40. The fraction of sp³-hybridized carbons (Fsp3) is 0.259. The Hall–Kier alpha value is -2.81. The van der Waals surface area contributed by atoms with E-state index in [1.54, 1.807) is 6.08 Å². The molecule has 3 unspecified atom stereocenters. The number of halogens is 3. The van der Waals surface area contributed by atoms with Gasteiger partial charge >= 0.3 is 6.18 Å². The third-order valence-corrected chi connectivity index (χ3v) is 7.90. The van der Waals surface area contributed by atoms with E-state index in [-0.39, 0.29) is 18.3 Å². The number of fused-ring (bicyclic) bond motifs is 11. The van der Waals surface area contributed by atoms with Crippen LogP contribution in [0, 0.1) is 17.8 Å². The van der Waals surface area contributed by atoms with E-state index < -0.39 is 17.5 Å². The molecule has 0 saturated heterocycles. The van der Waals surface area contributed by atoms with Gasteiger partial charge in [0.05, 0.1) is 11.3 Å². The van der Waals surface area contributed by atoms with Crippen molar-refractivity contribution in [3.63, 3.8) is 0 Å². The molecule has 0 fully saturated rings. The van der Waals surface area contributed by atoms with Gasteiger partial charge in [-0.3, -0.25) is 0 Å². The Kier molecular flexibility index (Phi) is 2.97. The first-order chi connectivity index (χ1) is 14.5. The van der Waals surface area contributed by atoms with Crippen molar-refractivity contribution in [2.45, 2.75) is 23.9 Å². The molecule has 0 aliphatic heterocycles. The first-order valence-corrected chi connectivity index (χ1v) is 10.6. The zero-order chi connectivity index (χ0) is 20.3. The van der Waals surface area contributed by atoms with Crippen LogP contribution in [0.5, 0.6) is 0 Å². The molecule has 0 aromatic heterocycles. The van der Waals surface area contributed by atoms with Crippen molar-refractivity contribution >= 4 is 5.57 Å². The molecule has 2 aromatic rings. The first-order valence-electron chi connectivity index (χ1n) is 10.6. The van der Waals surface area contributed by atoms with Gasteiger partial charge in [-0.2, -0.15) is 13.2 Å². The molecule has 5 aliphatic rings. The molecule has 0 bridgehead atoms. The van der Waals surface area contributed by atoms with Gasteiger partial charge in [0.25, 0.3) is 0 Å². The van der Waals surface area contributed by atoms with E-state index in [0.717, 1.165) is 16.7 Å². The van der Waals surface area contributed by atoms with Crippen molar-refractivity contribution in [1.29, 1.82) is 0 Å². The number of rotatable bonds is 0. The summed E-state index contributed by atoms with van der Waals surface area (Å²) in [5.41, 5.74) is 7.66. The fourth-order valence-electron chi connectivity index (χ4n) is 6.74. The molecule has 0 amide bonds. The molecule has 30 heavy (non-hydrogen) atoms. The van der Waals surface area contributed by atoms with E-state index in [2.05, 4.69) is 48.6 Å². The molecule has 1 spiro atoms. The molecule has 7 rings (SSSR count). The highest BCUT2D eigenvalue weighted by Gasteiger charge is 2.62. The van der Waals surface area contributed by atoms with Crippen molar-refractivity contribution in [3.05, 3.63) is 112 Å². The summed E-state index contributed by atoms with van der Waals surface area (Å²) in [4.78, 5) is 0. The normalized spacial score (nSPS) is 34.3. The first kappa shape index (κ1) is 16.9. The molecular formula is C27H19F3. The van der Waals surface area contributed by atoms with Crippen LogP contribution in [0.1, 0.15) is 34.6 Å². The third kappa shape index (κ3) is 1.85. The summed E-state index contributed by atoms with van der Waals surface area (Å²) < 4.78 is 41.4. The van der Waals surface area contributed by atoms with E-state index in [0.29, 0.717) is 5.92 Å². The van der Waals surface area contributed by atoms with Gasteiger partial charge in [0, 0.05) is 17.8 Å². The summed E-state index contributed by atoms with van der Waals surface area (Å²) in [5.74, 6) is -0.580. The third-order valence-electron chi connectivity index (χ3n) is 7.90. The lowest BCUT2D eigenvalue weighted by atomic mass is 9.62. The molecular weight excluding hydrogens is 381 g/mol. The summed E-state index contributed by atoms with van der Waals surface area (Å²) in [6.45, 7) is 0. The molecule has 0 heterocycles. The van der Waals surface area contributed by atoms with Gasteiger partial charge in [0.1, 0.15) is 0 Å². The van der Waals surface area contributed by atoms with Crippen molar-refractivity contribution in [2.24, 2.45) is 17.8 Å². The molecule has 5 atom stereocenters. The second-order valence-electron chi connectivity index (χ2n) is 9.13. The van der Waals surface area contributed by atoms with Crippen LogP contribution in [0.25, 0.3) is 5.57 Å². The van der Waals surface area contributed by atoms with E-state index in [9.17, 15) is 13.2 Å². The van der Waals surface area contributed by atoms with Gasteiger partial charge in [-0.15, -0.1) is 0 Å². The van der Waals surface area contributed by atoms with Crippen LogP contribution in [0.3, 0.4) is 0 Å². The number of benzene rings is 2. The maximum atomic E-state index is 13.8. The zero-order valence-electron chi connectivity index (χ0n) is 16.2. The van der Waals surface area contributed by atoms with Crippen LogP contribution in [0.2, 0.25) is 0 Å². The van der Waals surface area contributed by atoms with E-state index in [4.69, 9.17) is 0 Å². The second-order valence-corrected chi connectivity index (χ2v) is 9.13. The minimum absolute atomic E-state index is 0.0396. The number of alkyl halides is 3. The summed E-state index contributed by atoms with van der Waals surface area (Å²) >= 11 is 0. The molecule has 2 aromatic carbocycles. The van der Waals surface area contributed by atoms with Gasteiger partial charge in [-0.1, -0.05) is 84.5 Å². The van der Waals surface area contributed by atoms with Crippen LogP contribution < -0.4 is 0 Å². The maximum Gasteiger partial charge on any atom is 0.395 e. The number of hydrogen-bond acceptors (Lipinski definition) is 0. The van der Waals surface area contributed by atoms with Crippen LogP contribution in [0.15, 0.2) is 90.1 Å². The topological polar surface area (TPSA) is 0 Å². The van der Waals surface area contributed by atoms with Crippen molar-refractivity contribution in [2.75, 3.05) is 0 Å². The molecule has 0 radical (unpaired) electrons. The van der Waals surface area contributed by atoms with Crippen molar-refractivity contribution in [3.8, 4) is 0 Å². The average molecular weight is 400 g/mol. The minimum atomic E-state index is -4.23. The van der Waals surface area contributed by atoms with Gasteiger partial charge < -0.3 is 0 Å². The molecule has 0 saturated carbocycles. The molecule has 0 N–H and O–H groups in total. The Morgan fingerprint density at radius 3 is 2.47 bits per heavy atom. The Morgan fingerprint density at radius 2 is 1.63 bits per heavy atom. The highest BCUT2D eigenvalue weighted by molar-refractivity contribution is 5.90. The largest absolute Gasteiger partial charge is 0.395 e. The Labute approximate surface area is 173 Å². The van der Waals surface area contributed by atoms with Crippen LogP contribution >= 0.6 is 0 Å². The molecule has 0 nitrogen and oxygen atoms in total. The summed E-state index contributed by atoms with van der Waals surface area (Å²) in [6, 6.07) is 16.7. The van der Waals surface area contributed by atoms with E-state index in [1.165, 1.54) is 28.3 Å². The van der Waals surface area contributed by atoms with Crippen LogP contribution in [-0.2, 0) is 5.41 Å². The van der Waals surface area contributed by atoms with Crippen LogP contribution in [-0.4, -0.2) is 6.18 Å². The second kappa shape index (κ2) is 5.26. The van der Waals surface area contributed by atoms with Crippen LogP contribution in [0.4, 0.5) is 13.2 Å². The zero-order valence-corrected chi connectivity index (χ0v) is 16.2. The maximum absolute atomic E-state index is 13.8. The Bertz CT molecular complexity index is 1240. The molecule has 3 heteroatoms. The summed E-state index contributed by atoms with van der Waals surface area (Å²) in [7, 11) is 0. The summed E-state index contributed by atoms with van der Waals surface area (Å²) in [5, 5.41) is 0. The Morgan fingerprint density at radius 1 is 0.867 bits per heavy atom. The van der Waals surface area contributed by atoms with E-state index >= 15 is 0 Å². The predicted octanol–water partition coefficient (Wildman–Crippen LogP) is 6.72. The minimum Gasteiger partial charge on any atom is -0.170 e. The standard InChI is InChI=1S/C27H19F3/c28-27(29,30)16-10-11-18-17-5-1-3-7-21(17)26(24(18)14-16)22-8-4-2-6-19(22)25-20-13-15(20)9-12-23(25)26/h1-13,15-16,23,25H,14H2/t15-,16?,23?,25-,26?/m0/s1. The van der Waals surface area contributed by atoms with Gasteiger partial charge in [0.2, 0.25) is 0 Å². The smallest absolute Gasteiger partial charge is 0.170 e. The van der Waals surface area contributed by atoms with Gasteiger partial charge in [-0.05, 0) is 39.8 Å². The van der Waals surface area contributed by atoms with Crippen molar-refractivity contribution in [1.82, 2.24) is 0 Å². The summed E-state index contributed by atoms with van der Waals surface area (Å²) in [6.07, 6.45) is 5.79. The SMILES string of the molecule is FC(F)(F)C1C=CC2=C(C1)C1(c3ccccc32)c2ccccc2[C@H]2C3=C[C@@H]3C=CC21. The quantitative estimate of drug-likeness (QED) is 0.431. The fourth-order valence-corrected chi connectivity index (χ4v) is 6.74. The van der Waals surface area contributed by atoms with Gasteiger partial charge in [-0.25, -0.2) is 0 Å². The molecule has 148 valence electrons. The van der Waals surface area contributed by atoms with Gasteiger partial charge in [0.15, 0.2) is 0 Å². The van der Waals surface area contributed by atoms with Crippen molar-refractivity contribution < 1.29 is 13.2 Å². The predicted molar refractivity (Wildman–Crippen MR) is 111 cm³/mol. The number of hydrogen-bond donors (Lipinski definition) is 0. The lowest BCUT2D eigenvalue weighted by Crippen LogP contribution is -2.37. The molecule has 5 aliphatic carbocycles. The van der Waals surface area contributed by atoms with E-state index in [1.807, 2.05) is 18.2 Å².